The number of benzene rings is 1. The van der Waals surface area contributed by atoms with Crippen LogP contribution in [-0.2, 0) is 11.2 Å². The highest BCUT2D eigenvalue weighted by molar-refractivity contribution is 5.26. The van der Waals surface area contributed by atoms with Crippen LogP contribution in [0.3, 0.4) is 0 Å². The minimum absolute atomic E-state index is 0.241. The van der Waals surface area contributed by atoms with E-state index in [0.29, 0.717) is 6.04 Å². The fourth-order valence-corrected chi connectivity index (χ4v) is 2.88. The molecule has 1 aromatic rings. The van der Waals surface area contributed by atoms with Crippen molar-refractivity contribution in [3.8, 4) is 0 Å². The SMILES string of the molecule is CCCc1ccc(C(NCC)C2CN(C)CCO2)cc1. The molecule has 0 spiro atoms. The summed E-state index contributed by atoms with van der Waals surface area (Å²) in [7, 11) is 2.17. The van der Waals surface area contributed by atoms with Gasteiger partial charge in [0.25, 0.3) is 0 Å². The number of rotatable bonds is 6. The minimum atomic E-state index is 0.241. The highest BCUT2D eigenvalue weighted by Gasteiger charge is 2.27. The molecule has 112 valence electrons. The van der Waals surface area contributed by atoms with Crippen molar-refractivity contribution in [2.45, 2.75) is 38.8 Å². The Morgan fingerprint density at radius 3 is 2.65 bits per heavy atom. The van der Waals surface area contributed by atoms with E-state index in [2.05, 4.69) is 55.4 Å². The fraction of sp³-hybridized carbons (Fsp3) is 0.647. The topological polar surface area (TPSA) is 24.5 Å². The van der Waals surface area contributed by atoms with E-state index >= 15 is 0 Å². The first-order chi connectivity index (χ1) is 9.74. The fourth-order valence-electron chi connectivity index (χ4n) is 2.88. The Balaban J connectivity index is 2.10. The Hall–Kier alpha value is -0.900. The van der Waals surface area contributed by atoms with Crippen molar-refractivity contribution >= 4 is 0 Å². The van der Waals surface area contributed by atoms with Gasteiger partial charge in [0.1, 0.15) is 0 Å². The maximum Gasteiger partial charge on any atom is 0.0896 e. The zero-order valence-electron chi connectivity index (χ0n) is 13.1. The first kappa shape index (κ1) is 15.5. The van der Waals surface area contributed by atoms with Crippen LogP contribution in [0.25, 0.3) is 0 Å². The number of nitrogens with zero attached hydrogens (tertiary/aromatic N) is 1. The number of ether oxygens (including phenoxy) is 1. The molecular weight excluding hydrogens is 248 g/mol. The largest absolute Gasteiger partial charge is 0.374 e. The van der Waals surface area contributed by atoms with Gasteiger partial charge >= 0.3 is 0 Å². The molecule has 1 heterocycles. The molecule has 0 aliphatic carbocycles. The third-order valence-electron chi connectivity index (χ3n) is 3.97. The number of aryl methyl sites for hydroxylation is 1. The van der Waals surface area contributed by atoms with Gasteiger partial charge in [-0.05, 0) is 31.1 Å². The molecule has 1 fully saturated rings. The van der Waals surface area contributed by atoms with Crippen LogP contribution < -0.4 is 5.32 Å². The van der Waals surface area contributed by atoms with Gasteiger partial charge in [-0.15, -0.1) is 0 Å². The number of hydrogen-bond acceptors (Lipinski definition) is 3. The van der Waals surface area contributed by atoms with Crippen LogP contribution in [0.1, 0.15) is 37.4 Å². The third-order valence-corrected chi connectivity index (χ3v) is 3.97. The van der Waals surface area contributed by atoms with Crippen LogP contribution in [0.15, 0.2) is 24.3 Å². The molecule has 3 heteroatoms. The summed E-state index contributed by atoms with van der Waals surface area (Å²) in [5.74, 6) is 0. The van der Waals surface area contributed by atoms with Crippen molar-refractivity contribution in [1.82, 2.24) is 10.2 Å². The van der Waals surface area contributed by atoms with Crippen LogP contribution in [0.4, 0.5) is 0 Å². The normalized spacial score (nSPS) is 21.9. The molecule has 20 heavy (non-hydrogen) atoms. The second kappa shape index (κ2) is 7.77. The zero-order valence-corrected chi connectivity index (χ0v) is 13.1. The summed E-state index contributed by atoms with van der Waals surface area (Å²) in [5, 5.41) is 3.59. The summed E-state index contributed by atoms with van der Waals surface area (Å²) in [4.78, 5) is 2.35. The average Bonchev–Trinajstić information content (AvgIpc) is 2.46. The van der Waals surface area contributed by atoms with Crippen molar-refractivity contribution in [1.29, 1.82) is 0 Å². The van der Waals surface area contributed by atoms with Crippen molar-refractivity contribution in [2.24, 2.45) is 0 Å². The van der Waals surface area contributed by atoms with E-state index < -0.39 is 0 Å². The summed E-state index contributed by atoms with van der Waals surface area (Å²) in [6.07, 6.45) is 2.60. The lowest BCUT2D eigenvalue weighted by Crippen LogP contribution is -2.46. The maximum absolute atomic E-state index is 5.99. The molecule has 2 atom stereocenters. The standard InChI is InChI=1S/C17H28N2O/c1-4-6-14-7-9-15(10-8-14)17(18-5-2)16-13-19(3)11-12-20-16/h7-10,16-18H,4-6,11-13H2,1-3H3. The molecule has 3 nitrogen and oxygen atoms in total. The van der Waals surface area contributed by atoms with Crippen molar-refractivity contribution < 1.29 is 4.74 Å². The lowest BCUT2D eigenvalue weighted by molar-refractivity contribution is -0.0390. The Morgan fingerprint density at radius 1 is 1.30 bits per heavy atom. The molecule has 1 aromatic carbocycles. The van der Waals surface area contributed by atoms with Gasteiger partial charge in [-0.1, -0.05) is 44.5 Å². The van der Waals surface area contributed by atoms with Gasteiger partial charge in [0.2, 0.25) is 0 Å². The van der Waals surface area contributed by atoms with Crippen LogP contribution in [0.2, 0.25) is 0 Å². The second-order valence-corrected chi connectivity index (χ2v) is 5.70. The molecule has 2 unspecified atom stereocenters. The highest BCUT2D eigenvalue weighted by atomic mass is 16.5. The predicted octanol–water partition coefficient (Wildman–Crippen LogP) is 2.62. The summed E-state index contributed by atoms with van der Waals surface area (Å²) < 4.78 is 5.99. The first-order valence-electron chi connectivity index (χ1n) is 7.87. The Morgan fingerprint density at radius 2 is 2.05 bits per heavy atom. The van der Waals surface area contributed by atoms with E-state index in [1.54, 1.807) is 0 Å². The van der Waals surface area contributed by atoms with Crippen molar-refractivity contribution in [3.63, 3.8) is 0 Å². The summed E-state index contributed by atoms with van der Waals surface area (Å²) >= 11 is 0. The maximum atomic E-state index is 5.99. The molecule has 0 amide bonds. The van der Waals surface area contributed by atoms with Crippen LogP contribution in [-0.4, -0.2) is 44.3 Å². The van der Waals surface area contributed by atoms with Gasteiger partial charge in [0, 0.05) is 13.1 Å². The number of likely N-dealkylation sites (N-methyl/N-ethyl adjacent to an activating group) is 2. The minimum Gasteiger partial charge on any atom is -0.374 e. The van der Waals surface area contributed by atoms with Gasteiger partial charge < -0.3 is 15.0 Å². The van der Waals surface area contributed by atoms with Crippen LogP contribution >= 0.6 is 0 Å². The predicted molar refractivity (Wildman–Crippen MR) is 84.1 cm³/mol. The smallest absolute Gasteiger partial charge is 0.0896 e. The lowest BCUT2D eigenvalue weighted by Gasteiger charge is -2.35. The van der Waals surface area contributed by atoms with E-state index in [0.717, 1.165) is 32.7 Å². The number of morpholine rings is 1. The molecule has 0 saturated carbocycles. The van der Waals surface area contributed by atoms with E-state index in [4.69, 9.17) is 4.74 Å². The lowest BCUT2D eigenvalue weighted by atomic mass is 9.98. The van der Waals surface area contributed by atoms with Crippen molar-refractivity contribution in [3.05, 3.63) is 35.4 Å². The molecule has 1 N–H and O–H groups in total. The summed E-state index contributed by atoms with van der Waals surface area (Å²) in [5.41, 5.74) is 2.76. The summed E-state index contributed by atoms with van der Waals surface area (Å²) in [6.45, 7) is 8.20. The average molecular weight is 276 g/mol. The number of nitrogens with one attached hydrogen (secondary N) is 1. The quantitative estimate of drug-likeness (QED) is 0.864. The molecule has 1 aliphatic rings. The van der Waals surface area contributed by atoms with Gasteiger partial charge in [0.05, 0.1) is 18.8 Å². The molecular formula is C17H28N2O. The Labute approximate surface area is 123 Å². The van der Waals surface area contributed by atoms with E-state index in [-0.39, 0.29) is 6.10 Å². The number of hydrogen-bond donors (Lipinski definition) is 1. The Kier molecular flexibility index (Phi) is 6.02. The molecule has 2 rings (SSSR count). The molecule has 0 radical (unpaired) electrons. The van der Waals surface area contributed by atoms with Gasteiger partial charge in [-0.3, -0.25) is 0 Å². The summed E-state index contributed by atoms with van der Waals surface area (Å²) in [6, 6.07) is 9.33. The van der Waals surface area contributed by atoms with E-state index in [9.17, 15) is 0 Å². The molecule has 1 saturated heterocycles. The van der Waals surface area contributed by atoms with Crippen molar-refractivity contribution in [2.75, 3.05) is 33.3 Å². The van der Waals surface area contributed by atoms with E-state index in [1.165, 1.54) is 17.5 Å². The van der Waals surface area contributed by atoms with Gasteiger partial charge in [-0.2, -0.15) is 0 Å². The van der Waals surface area contributed by atoms with E-state index in [1.807, 2.05) is 0 Å². The monoisotopic (exact) mass is 276 g/mol. The van der Waals surface area contributed by atoms with Crippen LogP contribution in [0, 0.1) is 0 Å². The van der Waals surface area contributed by atoms with Crippen LogP contribution in [0.5, 0.6) is 0 Å². The second-order valence-electron chi connectivity index (χ2n) is 5.70. The highest BCUT2D eigenvalue weighted by Crippen LogP contribution is 2.23. The molecule has 0 aromatic heterocycles. The van der Waals surface area contributed by atoms with Gasteiger partial charge in [-0.25, -0.2) is 0 Å². The Bertz CT molecular complexity index is 390. The zero-order chi connectivity index (χ0) is 14.4. The third kappa shape index (κ3) is 4.05. The molecule has 0 bridgehead atoms. The first-order valence-corrected chi connectivity index (χ1v) is 7.87. The molecule has 1 aliphatic heterocycles. The van der Waals surface area contributed by atoms with Gasteiger partial charge in [0.15, 0.2) is 0 Å².